The fourth-order valence-corrected chi connectivity index (χ4v) is 0.621. The molecule has 4 N–H and O–H groups in total. The topological polar surface area (TPSA) is 124 Å². The highest BCUT2D eigenvalue weighted by Gasteiger charge is 2.28. The molecule has 0 aromatic heterocycles. The van der Waals surface area contributed by atoms with Gasteiger partial charge in [-0.3, -0.25) is 4.79 Å². The standard InChI is InChI=1S/C6H10O7/c7-1-3(9)5(10)4(2-8)13-6(11)12/h2-5,7,9-10H,1H2,(H,11,12)/t3-,4+,5+/m1/s1. The fourth-order valence-electron chi connectivity index (χ4n) is 0.621. The molecular formula is C6H10O7. The van der Waals surface area contributed by atoms with Gasteiger partial charge >= 0.3 is 6.16 Å². The summed E-state index contributed by atoms with van der Waals surface area (Å²) in [5, 5.41) is 34.2. The molecule has 0 aliphatic carbocycles. The molecule has 0 radical (unpaired) electrons. The Kier molecular flexibility index (Phi) is 4.97. The fraction of sp³-hybridized carbons (Fsp3) is 0.667. The van der Waals surface area contributed by atoms with Crippen molar-refractivity contribution in [2.75, 3.05) is 6.61 Å². The maximum Gasteiger partial charge on any atom is 0.506 e. The van der Waals surface area contributed by atoms with Crippen molar-refractivity contribution in [3.05, 3.63) is 0 Å². The summed E-state index contributed by atoms with van der Waals surface area (Å²) >= 11 is 0. The molecule has 0 heterocycles. The highest BCUT2D eigenvalue weighted by molar-refractivity contribution is 5.65. The average molecular weight is 194 g/mol. The Hall–Kier alpha value is -1.18. The van der Waals surface area contributed by atoms with Crippen LogP contribution in [-0.4, -0.2) is 57.8 Å². The second-order valence-electron chi connectivity index (χ2n) is 2.22. The monoisotopic (exact) mass is 194 g/mol. The first kappa shape index (κ1) is 11.8. The molecule has 0 spiro atoms. The van der Waals surface area contributed by atoms with Crippen molar-refractivity contribution in [3.8, 4) is 0 Å². The third-order valence-corrected chi connectivity index (χ3v) is 1.29. The molecule has 0 amide bonds. The maximum absolute atomic E-state index is 10.2. The van der Waals surface area contributed by atoms with E-state index in [0.717, 1.165) is 0 Å². The summed E-state index contributed by atoms with van der Waals surface area (Å²) in [7, 11) is 0. The molecule has 7 nitrogen and oxygen atoms in total. The molecule has 0 aromatic rings. The highest BCUT2D eigenvalue weighted by atomic mass is 16.7. The molecule has 0 aliphatic heterocycles. The van der Waals surface area contributed by atoms with Crippen LogP contribution in [0.1, 0.15) is 0 Å². The van der Waals surface area contributed by atoms with Crippen molar-refractivity contribution in [2.45, 2.75) is 18.3 Å². The van der Waals surface area contributed by atoms with Gasteiger partial charge in [0.05, 0.1) is 6.61 Å². The zero-order valence-electron chi connectivity index (χ0n) is 6.53. The summed E-state index contributed by atoms with van der Waals surface area (Å²) in [4.78, 5) is 20.1. The predicted molar refractivity (Wildman–Crippen MR) is 38.1 cm³/mol. The second-order valence-corrected chi connectivity index (χ2v) is 2.22. The van der Waals surface area contributed by atoms with E-state index in [0.29, 0.717) is 0 Å². The van der Waals surface area contributed by atoms with Crippen LogP contribution in [0.2, 0.25) is 0 Å². The van der Waals surface area contributed by atoms with E-state index in [9.17, 15) is 9.59 Å². The molecule has 0 bridgehead atoms. The molecule has 76 valence electrons. The smallest absolute Gasteiger partial charge is 0.450 e. The number of hydrogen-bond acceptors (Lipinski definition) is 6. The van der Waals surface area contributed by atoms with Crippen LogP contribution in [0.15, 0.2) is 0 Å². The number of aliphatic hydroxyl groups excluding tert-OH is 3. The van der Waals surface area contributed by atoms with Crippen LogP contribution >= 0.6 is 0 Å². The molecule has 13 heavy (non-hydrogen) atoms. The molecule has 7 heteroatoms. The number of ether oxygens (including phenoxy) is 1. The van der Waals surface area contributed by atoms with E-state index in [1.165, 1.54) is 0 Å². The van der Waals surface area contributed by atoms with Crippen LogP contribution in [0.5, 0.6) is 0 Å². The summed E-state index contributed by atoms with van der Waals surface area (Å²) in [6, 6.07) is 0. The van der Waals surface area contributed by atoms with Crippen LogP contribution in [0.25, 0.3) is 0 Å². The third kappa shape index (κ3) is 3.83. The molecule has 0 aromatic carbocycles. The first-order chi connectivity index (χ1) is 6.02. The van der Waals surface area contributed by atoms with Crippen LogP contribution in [0.3, 0.4) is 0 Å². The van der Waals surface area contributed by atoms with Gasteiger partial charge in [-0.1, -0.05) is 0 Å². The van der Waals surface area contributed by atoms with Crippen molar-refractivity contribution in [2.24, 2.45) is 0 Å². The van der Waals surface area contributed by atoms with Gasteiger partial charge in [-0.25, -0.2) is 4.79 Å². The number of rotatable bonds is 5. The van der Waals surface area contributed by atoms with E-state index in [1.807, 2.05) is 0 Å². The van der Waals surface area contributed by atoms with E-state index in [2.05, 4.69) is 4.74 Å². The minimum atomic E-state index is -1.77. The van der Waals surface area contributed by atoms with Crippen LogP contribution in [-0.2, 0) is 9.53 Å². The van der Waals surface area contributed by atoms with E-state index >= 15 is 0 Å². The minimum absolute atomic E-state index is 0.0255. The van der Waals surface area contributed by atoms with E-state index in [-0.39, 0.29) is 6.29 Å². The van der Waals surface area contributed by atoms with E-state index < -0.39 is 31.1 Å². The summed E-state index contributed by atoms with van der Waals surface area (Å²) in [6.07, 6.45) is -6.80. The van der Waals surface area contributed by atoms with Gasteiger partial charge in [0.15, 0.2) is 12.4 Å². The number of aldehydes is 1. The summed E-state index contributed by atoms with van der Waals surface area (Å²) in [6.45, 7) is -0.797. The quantitative estimate of drug-likeness (QED) is 0.293. The largest absolute Gasteiger partial charge is 0.506 e. The Morgan fingerprint density at radius 3 is 2.31 bits per heavy atom. The number of carbonyl (C=O) groups excluding carboxylic acids is 1. The SMILES string of the molecule is O=C[C@H](OC(=O)O)[C@@H](O)[C@H](O)CO. The van der Waals surface area contributed by atoms with E-state index in [1.54, 1.807) is 0 Å². The number of carbonyl (C=O) groups is 2. The lowest BCUT2D eigenvalue weighted by Gasteiger charge is -2.19. The zero-order valence-corrected chi connectivity index (χ0v) is 6.53. The molecule has 0 saturated carbocycles. The Morgan fingerprint density at radius 2 is 2.00 bits per heavy atom. The van der Waals surface area contributed by atoms with Crippen molar-refractivity contribution >= 4 is 12.4 Å². The molecular weight excluding hydrogens is 184 g/mol. The van der Waals surface area contributed by atoms with Crippen molar-refractivity contribution in [3.63, 3.8) is 0 Å². The average Bonchev–Trinajstić information content (AvgIpc) is 2.11. The Balaban J connectivity index is 4.21. The summed E-state index contributed by atoms with van der Waals surface area (Å²) < 4.78 is 3.91. The van der Waals surface area contributed by atoms with Gasteiger partial charge in [-0.2, -0.15) is 0 Å². The number of carboxylic acid groups (broad SMARTS) is 1. The van der Waals surface area contributed by atoms with Gasteiger partial charge in [0, 0.05) is 0 Å². The molecule has 0 unspecified atom stereocenters. The zero-order chi connectivity index (χ0) is 10.4. The highest BCUT2D eigenvalue weighted by Crippen LogP contribution is 2.02. The van der Waals surface area contributed by atoms with Gasteiger partial charge in [0.25, 0.3) is 0 Å². The van der Waals surface area contributed by atoms with Crippen molar-refractivity contribution < 1.29 is 34.8 Å². The molecule has 0 fully saturated rings. The Morgan fingerprint density at radius 1 is 1.46 bits per heavy atom. The summed E-state index contributed by atoms with van der Waals surface area (Å²) in [5.74, 6) is 0. The van der Waals surface area contributed by atoms with E-state index in [4.69, 9.17) is 20.4 Å². The summed E-state index contributed by atoms with van der Waals surface area (Å²) in [5.41, 5.74) is 0. The van der Waals surface area contributed by atoms with Gasteiger partial charge in [0.2, 0.25) is 0 Å². The maximum atomic E-state index is 10.2. The lowest BCUT2D eigenvalue weighted by Crippen LogP contribution is -2.42. The van der Waals surface area contributed by atoms with Gasteiger partial charge < -0.3 is 25.2 Å². The van der Waals surface area contributed by atoms with Gasteiger partial charge in [-0.15, -0.1) is 0 Å². The van der Waals surface area contributed by atoms with Crippen molar-refractivity contribution in [1.29, 1.82) is 0 Å². The normalized spacial score (nSPS) is 17.2. The minimum Gasteiger partial charge on any atom is -0.450 e. The molecule has 0 aliphatic rings. The van der Waals surface area contributed by atoms with Crippen LogP contribution in [0, 0.1) is 0 Å². The second kappa shape index (κ2) is 5.46. The number of aliphatic hydroxyl groups is 3. The first-order valence-electron chi connectivity index (χ1n) is 3.34. The molecule has 0 saturated heterocycles. The Labute approximate surface area is 73.2 Å². The van der Waals surface area contributed by atoms with Crippen LogP contribution < -0.4 is 0 Å². The molecule has 3 atom stereocenters. The van der Waals surface area contributed by atoms with Crippen LogP contribution in [0.4, 0.5) is 4.79 Å². The molecule has 0 rings (SSSR count). The Bertz CT molecular complexity index is 180. The predicted octanol–water partition coefficient (Wildman–Crippen LogP) is -2.04. The first-order valence-corrected chi connectivity index (χ1v) is 3.34. The van der Waals surface area contributed by atoms with Gasteiger partial charge in [0.1, 0.15) is 12.2 Å². The lowest BCUT2D eigenvalue weighted by molar-refractivity contribution is -0.130. The lowest BCUT2D eigenvalue weighted by atomic mass is 10.1. The van der Waals surface area contributed by atoms with Crippen molar-refractivity contribution in [1.82, 2.24) is 0 Å². The number of hydrogen-bond donors (Lipinski definition) is 4. The third-order valence-electron chi connectivity index (χ3n) is 1.29. The van der Waals surface area contributed by atoms with Gasteiger partial charge in [-0.05, 0) is 0 Å².